The molecule has 0 bridgehead atoms. The predicted octanol–water partition coefficient (Wildman–Crippen LogP) is 2.19. The molecule has 1 aromatic rings. The summed E-state index contributed by atoms with van der Waals surface area (Å²) >= 11 is 5.57. The molecule has 0 heterocycles. The van der Waals surface area contributed by atoms with Gasteiger partial charge in [0.1, 0.15) is 11.5 Å². The van der Waals surface area contributed by atoms with E-state index in [1.54, 1.807) is 18.2 Å². The number of hydrogen-bond acceptors (Lipinski definition) is 3. The Kier molecular flexibility index (Phi) is 4.84. The maximum absolute atomic E-state index is 11.8. The van der Waals surface area contributed by atoms with Crippen LogP contribution >= 0.6 is 11.6 Å². The monoisotopic (exact) mass is 255 g/mol. The molecule has 0 saturated carbocycles. The molecular formula is C12H14ClNO3. The number of benzene rings is 1. The lowest BCUT2D eigenvalue weighted by Gasteiger charge is -2.08. The molecule has 0 unspecified atom stereocenters. The van der Waals surface area contributed by atoms with Gasteiger partial charge in [-0.3, -0.25) is 4.79 Å². The number of hydrogen-bond donors (Lipinski definition) is 1. The van der Waals surface area contributed by atoms with Crippen molar-refractivity contribution in [1.82, 2.24) is 5.32 Å². The minimum Gasteiger partial charge on any atom is -0.497 e. The van der Waals surface area contributed by atoms with Gasteiger partial charge in [-0.1, -0.05) is 18.2 Å². The Morgan fingerprint density at radius 2 is 1.82 bits per heavy atom. The van der Waals surface area contributed by atoms with Crippen molar-refractivity contribution in [2.75, 3.05) is 20.8 Å². The van der Waals surface area contributed by atoms with Gasteiger partial charge in [0, 0.05) is 16.7 Å². The third-order valence-corrected chi connectivity index (χ3v) is 2.19. The number of methoxy groups -OCH3 is 2. The molecule has 0 aliphatic carbocycles. The smallest absolute Gasteiger partial charge is 0.251 e. The topological polar surface area (TPSA) is 47.6 Å². The first-order valence-electron chi connectivity index (χ1n) is 4.91. The molecule has 0 radical (unpaired) electrons. The fourth-order valence-corrected chi connectivity index (χ4v) is 1.28. The predicted molar refractivity (Wildman–Crippen MR) is 66.9 cm³/mol. The van der Waals surface area contributed by atoms with Crippen molar-refractivity contribution in [2.24, 2.45) is 0 Å². The minimum absolute atomic E-state index is 0.222. The molecule has 1 rings (SSSR count). The highest BCUT2D eigenvalue weighted by molar-refractivity contribution is 6.29. The lowest BCUT2D eigenvalue weighted by Crippen LogP contribution is -2.24. The van der Waals surface area contributed by atoms with E-state index >= 15 is 0 Å². The largest absolute Gasteiger partial charge is 0.497 e. The third-order valence-electron chi connectivity index (χ3n) is 2.05. The third kappa shape index (κ3) is 4.00. The molecule has 92 valence electrons. The van der Waals surface area contributed by atoms with E-state index in [0.29, 0.717) is 22.1 Å². The van der Waals surface area contributed by atoms with Crippen LogP contribution in [0, 0.1) is 0 Å². The maximum atomic E-state index is 11.8. The number of ether oxygens (including phenoxy) is 2. The van der Waals surface area contributed by atoms with E-state index in [4.69, 9.17) is 21.1 Å². The molecule has 0 aliphatic rings. The lowest BCUT2D eigenvalue weighted by atomic mass is 10.2. The summed E-state index contributed by atoms with van der Waals surface area (Å²) in [5.74, 6) is 0.849. The Balaban J connectivity index is 2.88. The van der Waals surface area contributed by atoms with Crippen LogP contribution in [0.4, 0.5) is 0 Å². The van der Waals surface area contributed by atoms with Gasteiger partial charge in [0.2, 0.25) is 0 Å². The van der Waals surface area contributed by atoms with E-state index in [1.807, 2.05) is 0 Å². The number of carbonyl (C=O) groups excluding carboxylic acids is 1. The molecule has 0 fully saturated rings. The first kappa shape index (κ1) is 13.4. The normalized spacial score (nSPS) is 9.59. The van der Waals surface area contributed by atoms with E-state index in [9.17, 15) is 4.79 Å². The number of carbonyl (C=O) groups is 1. The molecule has 0 aliphatic heterocycles. The van der Waals surface area contributed by atoms with Crippen LogP contribution in [0.1, 0.15) is 10.4 Å². The Bertz CT molecular complexity index is 410. The summed E-state index contributed by atoms with van der Waals surface area (Å²) in [6.07, 6.45) is 0. The number of rotatable bonds is 5. The zero-order chi connectivity index (χ0) is 12.8. The van der Waals surface area contributed by atoms with E-state index in [2.05, 4.69) is 11.9 Å². The standard InChI is InChI=1S/C12H14ClNO3/c1-8(13)7-14-12(15)9-4-10(16-2)6-11(5-9)17-3/h4-6H,1,7H2,2-3H3,(H,14,15). The van der Waals surface area contributed by atoms with Gasteiger partial charge in [-0.15, -0.1) is 0 Å². The number of halogens is 1. The van der Waals surface area contributed by atoms with Crippen molar-refractivity contribution >= 4 is 17.5 Å². The van der Waals surface area contributed by atoms with Crippen LogP contribution in [0.2, 0.25) is 0 Å². The van der Waals surface area contributed by atoms with Gasteiger partial charge in [0.25, 0.3) is 5.91 Å². The molecule has 1 N–H and O–H groups in total. The van der Waals surface area contributed by atoms with Crippen LogP contribution in [-0.4, -0.2) is 26.7 Å². The van der Waals surface area contributed by atoms with Gasteiger partial charge in [-0.05, 0) is 12.1 Å². The Labute approximate surface area is 105 Å². The van der Waals surface area contributed by atoms with E-state index in [1.165, 1.54) is 14.2 Å². The van der Waals surface area contributed by atoms with E-state index < -0.39 is 0 Å². The van der Waals surface area contributed by atoms with E-state index in [0.717, 1.165) is 0 Å². The fourth-order valence-electron chi connectivity index (χ4n) is 1.22. The molecule has 0 aromatic heterocycles. The molecule has 0 saturated heterocycles. The van der Waals surface area contributed by atoms with Crippen LogP contribution in [0.3, 0.4) is 0 Å². The summed E-state index contributed by atoms with van der Waals surface area (Å²) in [4.78, 5) is 11.8. The summed E-state index contributed by atoms with van der Waals surface area (Å²) in [5.41, 5.74) is 0.444. The molecule has 1 aromatic carbocycles. The molecule has 0 spiro atoms. The molecule has 4 nitrogen and oxygen atoms in total. The highest BCUT2D eigenvalue weighted by atomic mass is 35.5. The number of nitrogens with one attached hydrogen (secondary N) is 1. The minimum atomic E-state index is -0.260. The first-order chi connectivity index (χ1) is 8.06. The second-order valence-electron chi connectivity index (χ2n) is 3.30. The molecule has 1 amide bonds. The SMILES string of the molecule is C=C(Cl)CNC(=O)c1cc(OC)cc(OC)c1. The van der Waals surface area contributed by atoms with E-state index in [-0.39, 0.29) is 12.5 Å². The summed E-state index contributed by atoms with van der Waals surface area (Å²) in [6, 6.07) is 4.93. The van der Waals surface area contributed by atoms with Crippen molar-refractivity contribution in [1.29, 1.82) is 0 Å². The van der Waals surface area contributed by atoms with Crippen LogP contribution < -0.4 is 14.8 Å². The van der Waals surface area contributed by atoms with Crippen molar-refractivity contribution in [3.63, 3.8) is 0 Å². The van der Waals surface area contributed by atoms with Crippen molar-refractivity contribution < 1.29 is 14.3 Å². The van der Waals surface area contributed by atoms with Gasteiger partial charge < -0.3 is 14.8 Å². The Morgan fingerprint density at radius 1 is 1.29 bits per heavy atom. The summed E-state index contributed by atoms with van der Waals surface area (Å²) in [5, 5.41) is 2.99. The fraction of sp³-hybridized carbons (Fsp3) is 0.250. The van der Waals surface area contributed by atoms with Gasteiger partial charge in [-0.25, -0.2) is 0 Å². The number of amides is 1. The van der Waals surface area contributed by atoms with Crippen LogP contribution in [-0.2, 0) is 0 Å². The van der Waals surface area contributed by atoms with Gasteiger partial charge in [0.05, 0.1) is 20.8 Å². The van der Waals surface area contributed by atoms with Gasteiger partial charge >= 0.3 is 0 Å². The average Bonchev–Trinajstić information content (AvgIpc) is 2.34. The zero-order valence-corrected chi connectivity index (χ0v) is 10.5. The summed E-state index contributed by atoms with van der Waals surface area (Å²) in [6.45, 7) is 3.71. The Hall–Kier alpha value is -1.68. The first-order valence-corrected chi connectivity index (χ1v) is 5.29. The van der Waals surface area contributed by atoms with Gasteiger partial charge in [0.15, 0.2) is 0 Å². The molecular weight excluding hydrogens is 242 g/mol. The summed E-state index contributed by atoms with van der Waals surface area (Å²) < 4.78 is 10.1. The lowest BCUT2D eigenvalue weighted by molar-refractivity contribution is 0.0957. The second kappa shape index (κ2) is 6.15. The molecule has 5 heteroatoms. The van der Waals surface area contributed by atoms with Crippen molar-refractivity contribution in [2.45, 2.75) is 0 Å². The van der Waals surface area contributed by atoms with Crippen LogP contribution in [0.15, 0.2) is 29.8 Å². The second-order valence-corrected chi connectivity index (χ2v) is 3.84. The summed E-state index contributed by atoms with van der Waals surface area (Å²) in [7, 11) is 3.05. The zero-order valence-electron chi connectivity index (χ0n) is 9.75. The highest BCUT2D eigenvalue weighted by Gasteiger charge is 2.09. The molecule has 0 atom stereocenters. The maximum Gasteiger partial charge on any atom is 0.251 e. The highest BCUT2D eigenvalue weighted by Crippen LogP contribution is 2.22. The molecule has 17 heavy (non-hydrogen) atoms. The Morgan fingerprint density at radius 3 is 2.24 bits per heavy atom. The van der Waals surface area contributed by atoms with Gasteiger partial charge in [-0.2, -0.15) is 0 Å². The van der Waals surface area contributed by atoms with Crippen LogP contribution in [0.25, 0.3) is 0 Å². The average molecular weight is 256 g/mol. The van der Waals surface area contributed by atoms with Crippen molar-refractivity contribution in [3.05, 3.63) is 35.4 Å². The van der Waals surface area contributed by atoms with Crippen molar-refractivity contribution in [3.8, 4) is 11.5 Å². The quantitative estimate of drug-likeness (QED) is 0.877. The van der Waals surface area contributed by atoms with Crippen LogP contribution in [0.5, 0.6) is 11.5 Å².